The normalized spacial score (nSPS) is 13.8. The van der Waals surface area contributed by atoms with Gasteiger partial charge in [-0.05, 0) is 35.4 Å². The second-order valence-corrected chi connectivity index (χ2v) is 9.66. The van der Waals surface area contributed by atoms with Gasteiger partial charge in [0.25, 0.3) is 5.91 Å². The minimum absolute atomic E-state index is 0.307. The Morgan fingerprint density at radius 1 is 1.16 bits per heavy atom. The summed E-state index contributed by atoms with van der Waals surface area (Å²) in [5.74, 6) is -0.307. The van der Waals surface area contributed by atoms with Crippen LogP contribution in [0.3, 0.4) is 0 Å². The third-order valence-corrected chi connectivity index (χ3v) is 7.24. The maximum absolute atomic E-state index is 12.9. The number of hydrogen-bond donors (Lipinski definition) is 2. The van der Waals surface area contributed by atoms with E-state index in [1.165, 1.54) is 16.9 Å². The molecule has 5 rings (SSSR count). The van der Waals surface area contributed by atoms with Crippen molar-refractivity contribution in [2.75, 3.05) is 17.6 Å². The molecular weight excluding hydrogens is 463 g/mol. The van der Waals surface area contributed by atoms with Gasteiger partial charge in [0.1, 0.15) is 9.71 Å². The summed E-state index contributed by atoms with van der Waals surface area (Å²) in [5.41, 5.74) is 10.9. The van der Waals surface area contributed by atoms with Crippen LogP contribution in [0, 0.1) is 0 Å². The molecule has 3 N–H and O–H groups in total. The van der Waals surface area contributed by atoms with Gasteiger partial charge >= 0.3 is 0 Å². The molecule has 0 fully saturated rings. The fourth-order valence-electron chi connectivity index (χ4n) is 3.97. The number of nitrogens with one attached hydrogen (secondary N) is 1. The van der Waals surface area contributed by atoms with Crippen LogP contribution in [-0.2, 0) is 19.5 Å². The van der Waals surface area contributed by atoms with E-state index in [0.717, 1.165) is 47.5 Å². The molecule has 8 heteroatoms. The summed E-state index contributed by atoms with van der Waals surface area (Å²) in [5, 5.41) is 4.52. The molecule has 2 aromatic heterocycles. The molecule has 1 aliphatic heterocycles. The summed E-state index contributed by atoms with van der Waals surface area (Å²) in [4.78, 5) is 21.4. The molecule has 0 saturated carbocycles. The number of carbonyl (C=O) groups excluding carboxylic acids is 1. The molecule has 2 aromatic carbocycles. The van der Waals surface area contributed by atoms with Gasteiger partial charge in [-0.2, -0.15) is 0 Å². The third kappa shape index (κ3) is 4.19. The van der Waals surface area contributed by atoms with Crippen molar-refractivity contribution in [2.45, 2.75) is 19.5 Å². The van der Waals surface area contributed by atoms with Crippen molar-refractivity contribution in [2.24, 2.45) is 0 Å². The predicted molar refractivity (Wildman–Crippen MR) is 133 cm³/mol. The van der Waals surface area contributed by atoms with Crippen molar-refractivity contribution in [1.29, 1.82) is 0 Å². The highest BCUT2D eigenvalue weighted by molar-refractivity contribution is 7.21. The number of carbonyl (C=O) groups is 1. The number of thiophene rings is 1. The fraction of sp³-hybridized carbons (Fsp3) is 0.167. The minimum Gasteiger partial charge on any atom is -0.397 e. The van der Waals surface area contributed by atoms with Gasteiger partial charge in [0, 0.05) is 42.2 Å². The average Bonchev–Trinajstić information content (AvgIpc) is 3.10. The largest absolute Gasteiger partial charge is 0.397 e. The van der Waals surface area contributed by atoms with Crippen LogP contribution in [0.25, 0.3) is 10.2 Å². The number of aromatic nitrogens is 1. The first-order chi connectivity index (χ1) is 15.5. The van der Waals surface area contributed by atoms with Gasteiger partial charge in [-0.1, -0.05) is 53.5 Å². The molecule has 0 unspecified atom stereocenters. The summed E-state index contributed by atoms with van der Waals surface area (Å²) >= 11 is 13.4. The molecule has 0 aliphatic carbocycles. The Balaban J connectivity index is 1.40. The molecule has 5 nitrogen and oxygen atoms in total. The molecule has 0 saturated heterocycles. The van der Waals surface area contributed by atoms with Crippen LogP contribution < -0.4 is 11.1 Å². The Hall–Kier alpha value is -2.64. The molecule has 32 heavy (non-hydrogen) atoms. The average molecular weight is 483 g/mol. The highest BCUT2D eigenvalue weighted by Crippen LogP contribution is 2.36. The van der Waals surface area contributed by atoms with Crippen LogP contribution in [0.5, 0.6) is 0 Å². The van der Waals surface area contributed by atoms with Gasteiger partial charge in [0.2, 0.25) is 0 Å². The number of amides is 1. The van der Waals surface area contributed by atoms with Crippen molar-refractivity contribution in [3.8, 4) is 0 Å². The lowest BCUT2D eigenvalue weighted by Crippen LogP contribution is -2.30. The maximum Gasteiger partial charge on any atom is 0.267 e. The quantitative estimate of drug-likeness (QED) is 0.374. The highest BCUT2D eigenvalue weighted by atomic mass is 35.5. The zero-order chi connectivity index (χ0) is 22.2. The van der Waals surface area contributed by atoms with Crippen molar-refractivity contribution < 1.29 is 4.79 Å². The number of nitrogen functional groups attached to an aromatic ring is 1. The van der Waals surface area contributed by atoms with Gasteiger partial charge < -0.3 is 11.1 Å². The summed E-state index contributed by atoms with van der Waals surface area (Å²) < 4.78 is 0. The van der Waals surface area contributed by atoms with Crippen LogP contribution >= 0.6 is 34.5 Å². The predicted octanol–water partition coefficient (Wildman–Crippen LogP) is 6.00. The molecule has 1 aliphatic rings. The SMILES string of the molecule is Nc1c(C(=O)Nc2ccc(Cl)cc2Cl)sc2nc3c(cc12)CN(Cc1ccccc1)CC3. The van der Waals surface area contributed by atoms with E-state index in [1.807, 2.05) is 6.07 Å². The molecule has 1 amide bonds. The molecule has 0 bridgehead atoms. The molecule has 162 valence electrons. The number of pyridine rings is 1. The van der Waals surface area contributed by atoms with Crippen molar-refractivity contribution in [3.63, 3.8) is 0 Å². The summed E-state index contributed by atoms with van der Waals surface area (Å²) in [6.45, 7) is 2.65. The van der Waals surface area contributed by atoms with E-state index in [1.54, 1.807) is 18.2 Å². The van der Waals surface area contributed by atoms with E-state index in [-0.39, 0.29) is 5.91 Å². The Labute approximate surface area is 199 Å². The van der Waals surface area contributed by atoms with Gasteiger partial charge in [0.05, 0.1) is 16.4 Å². The zero-order valence-corrected chi connectivity index (χ0v) is 19.4. The van der Waals surface area contributed by atoms with Gasteiger partial charge in [-0.25, -0.2) is 4.98 Å². The fourth-order valence-corrected chi connectivity index (χ4v) is 5.42. The van der Waals surface area contributed by atoms with Crippen molar-refractivity contribution in [3.05, 3.63) is 86.3 Å². The Morgan fingerprint density at radius 3 is 2.75 bits per heavy atom. The maximum atomic E-state index is 12.9. The van der Waals surface area contributed by atoms with E-state index in [4.69, 9.17) is 33.9 Å². The van der Waals surface area contributed by atoms with E-state index in [2.05, 4.69) is 40.5 Å². The molecule has 0 spiro atoms. The molecule has 4 aromatic rings. The van der Waals surface area contributed by atoms with E-state index >= 15 is 0 Å². The summed E-state index contributed by atoms with van der Waals surface area (Å²) in [6.07, 6.45) is 0.873. The topological polar surface area (TPSA) is 71.2 Å². The van der Waals surface area contributed by atoms with Gasteiger partial charge in [0.15, 0.2) is 0 Å². The number of benzene rings is 2. The number of nitrogens with zero attached hydrogens (tertiary/aromatic N) is 2. The zero-order valence-electron chi connectivity index (χ0n) is 17.1. The van der Waals surface area contributed by atoms with E-state index in [9.17, 15) is 4.79 Å². The Kier molecular flexibility index (Phi) is 5.78. The van der Waals surface area contributed by atoms with Crippen LogP contribution in [0.2, 0.25) is 10.0 Å². The molecule has 0 atom stereocenters. The van der Waals surface area contributed by atoms with Crippen LogP contribution in [0.1, 0.15) is 26.5 Å². The lowest BCUT2D eigenvalue weighted by Gasteiger charge is -2.28. The van der Waals surface area contributed by atoms with Crippen LogP contribution in [0.4, 0.5) is 11.4 Å². The van der Waals surface area contributed by atoms with Crippen molar-refractivity contribution in [1.82, 2.24) is 9.88 Å². The number of anilines is 2. The molecule has 0 radical (unpaired) electrons. The Morgan fingerprint density at radius 2 is 1.97 bits per heavy atom. The smallest absolute Gasteiger partial charge is 0.267 e. The number of fused-ring (bicyclic) bond motifs is 2. The number of halogens is 2. The Bertz CT molecular complexity index is 1320. The van der Waals surface area contributed by atoms with E-state index < -0.39 is 0 Å². The second kappa shape index (κ2) is 8.71. The first-order valence-electron chi connectivity index (χ1n) is 10.2. The van der Waals surface area contributed by atoms with Crippen LogP contribution in [0.15, 0.2) is 54.6 Å². The lowest BCUT2D eigenvalue weighted by molar-refractivity contribution is 0.103. The lowest BCUT2D eigenvalue weighted by atomic mass is 10.0. The van der Waals surface area contributed by atoms with Crippen LogP contribution in [-0.4, -0.2) is 22.3 Å². The second-order valence-electron chi connectivity index (χ2n) is 7.82. The van der Waals surface area contributed by atoms with Crippen molar-refractivity contribution >= 4 is 62.0 Å². The number of rotatable bonds is 4. The monoisotopic (exact) mass is 482 g/mol. The van der Waals surface area contributed by atoms with Gasteiger partial charge in [-0.3, -0.25) is 9.69 Å². The number of nitrogens with two attached hydrogens (primary N) is 1. The number of hydrogen-bond acceptors (Lipinski definition) is 5. The minimum atomic E-state index is -0.307. The molecule has 3 heterocycles. The first-order valence-corrected chi connectivity index (χ1v) is 11.8. The highest BCUT2D eigenvalue weighted by Gasteiger charge is 2.23. The summed E-state index contributed by atoms with van der Waals surface area (Å²) in [6, 6.07) is 17.5. The standard InChI is InChI=1S/C24H20Cl2N4OS/c25-16-6-7-20(18(26)11-16)28-23(31)22-21(27)17-10-15-13-30(12-14-4-2-1-3-5-14)9-8-19(15)29-24(17)32-22/h1-7,10-11H,8-9,12-13,27H2,(H,28,31). The molecular formula is C24H20Cl2N4OS. The summed E-state index contributed by atoms with van der Waals surface area (Å²) in [7, 11) is 0. The van der Waals surface area contributed by atoms with Gasteiger partial charge in [-0.15, -0.1) is 11.3 Å². The van der Waals surface area contributed by atoms with E-state index in [0.29, 0.717) is 26.3 Å². The third-order valence-electron chi connectivity index (χ3n) is 5.58. The first kappa shape index (κ1) is 21.2.